The largest absolute Gasteiger partial charge is 0.389 e. The lowest BCUT2D eigenvalue weighted by molar-refractivity contribution is -0.134. The van der Waals surface area contributed by atoms with Gasteiger partial charge >= 0.3 is 6.18 Å². The molecule has 0 atom stereocenters. The van der Waals surface area contributed by atoms with E-state index in [-0.39, 0.29) is 10.8 Å². The minimum atomic E-state index is -4.35. The van der Waals surface area contributed by atoms with Crippen molar-refractivity contribution in [1.82, 2.24) is 4.98 Å². The van der Waals surface area contributed by atoms with E-state index in [1.165, 1.54) is 18.3 Å². The highest BCUT2D eigenvalue weighted by Gasteiger charge is 2.27. The van der Waals surface area contributed by atoms with Crippen LogP contribution in [0, 0.1) is 0 Å². The normalized spacial score (nSPS) is 12.4. The number of rotatable bonds is 5. The number of hydrogen-bond donors (Lipinski definition) is 1. The van der Waals surface area contributed by atoms with Gasteiger partial charge < -0.3 is 0 Å². The molecule has 0 aliphatic carbocycles. The Morgan fingerprint density at radius 1 is 1.39 bits per heavy atom. The van der Waals surface area contributed by atoms with E-state index in [0.29, 0.717) is 0 Å². The minimum Gasteiger partial charge on any atom is -0.283 e. The van der Waals surface area contributed by atoms with Gasteiger partial charge in [0.15, 0.2) is 0 Å². The number of nitrogens with zero attached hydrogens (tertiary/aromatic N) is 1. The van der Waals surface area contributed by atoms with Crippen LogP contribution in [0.2, 0.25) is 5.15 Å². The summed E-state index contributed by atoms with van der Waals surface area (Å²) in [5, 5.41) is 0.0884. The molecule has 1 rings (SSSR count). The Labute approximate surface area is 107 Å². The Morgan fingerprint density at radius 3 is 2.61 bits per heavy atom. The molecule has 18 heavy (non-hydrogen) atoms. The summed E-state index contributed by atoms with van der Waals surface area (Å²) in [7, 11) is -3.81. The molecule has 1 N–H and O–H groups in total. The number of aromatic nitrogens is 1. The molecule has 0 fully saturated rings. The van der Waals surface area contributed by atoms with Crippen LogP contribution in [0.5, 0.6) is 0 Å². The molecule has 0 amide bonds. The SMILES string of the molecule is O=S(=O)(CCCC(F)(F)F)Nc1ccnc(Cl)c1. The molecule has 0 saturated heterocycles. The molecule has 9 heteroatoms. The van der Waals surface area contributed by atoms with Crippen LogP contribution in [0.15, 0.2) is 18.3 Å². The Balaban J connectivity index is 2.55. The van der Waals surface area contributed by atoms with Crippen LogP contribution in [0.3, 0.4) is 0 Å². The molecule has 0 aliphatic heterocycles. The van der Waals surface area contributed by atoms with E-state index in [1.807, 2.05) is 0 Å². The molecule has 0 spiro atoms. The Bertz CT molecular complexity index is 505. The van der Waals surface area contributed by atoms with Gasteiger partial charge in [0.2, 0.25) is 10.0 Å². The van der Waals surface area contributed by atoms with Gasteiger partial charge in [0, 0.05) is 12.6 Å². The van der Waals surface area contributed by atoms with E-state index >= 15 is 0 Å². The molecule has 4 nitrogen and oxygen atoms in total. The van der Waals surface area contributed by atoms with Gasteiger partial charge in [-0.2, -0.15) is 13.2 Å². The smallest absolute Gasteiger partial charge is 0.283 e. The third-order valence-electron chi connectivity index (χ3n) is 1.87. The molecule has 1 aromatic rings. The average molecular weight is 303 g/mol. The minimum absolute atomic E-state index is 0.0884. The number of nitrogens with one attached hydrogen (secondary N) is 1. The number of halogens is 4. The van der Waals surface area contributed by atoms with E-state index in [2.05, 4.69) is 9.71 Å². The molecule has 0 radical (unpaired) electrons. The van der Waals surface area contributed by atoms with Gasteiger partial charge in [-0.3, -0.25) is 4.72 Å². The van der Waals surface area contributed by atoms with Gasteiger partial charge in [0.25, 0.3) is 0 Å². The second-order valence-corrected chi connectivity index (χ2v) is 5.74. The lowest BCUT2D eigenvalue weighted by atomic mass is 10.3. The molecular weight excluding hydrogens is 293 g/mol. The Kier molecular flexibility index (Phi) is 4.80. The van der Waals surface area contributed by atoms with Crippen molar-refractivity contribution in [3.8, 4) is 0 Å². The highest BCUT2D eigenvalue weighted by molar-refractivity contribution is 7.92. The monoisotopic (exact) mass is 302 g/mol. The second-order valence-electron chi connectivity index (χ2n) is 3.51. The van der Waals surface area contributed by atoms with Crippen LogP contribution >= 0.6 is 11.6 Å². The van der Waals surface area contributed by atoms with Gasteiger partial charge in [0.05, 0.1) is 11.4 Å². The molecule has 0 unspecified atom stereocenters. The fourth-order valence-corrected chi connectivity index (χ4v) is 2.45. The third kappa shape index (κ3) is 6.06. The summed E-state index contributed by atoms with van der Waals surface area (Å²) in [6, 6.07) is 2.62. The fraction of sp³-hybridized carbons (Fsp3) is 0.444. The Morgan fingerprint density at radius 2 is 2.06 bits per heavy atom. The van der Waals surface area contributed by atoms with Crippen LogP contribution in [0.25, 0.3) is 0 Å². The van der Waals surface area contributed by atoms with Crippen LogP contribution in [0.1, 0.15) is 12.8 Å². The molecule has 102 valence electrons. The zero-order chi connectivity index (χ0) is 13.8. The van der Waals surface area contributed by atoms with Crippen LogP contribution in [0.4, 0.5) is 18.9 Å². The van der Waals surface area contributed by atoms with Crippen molar-refractivity contribution in [3.05, 3.63) is 23.5 Å². The van der Waals surface area contributed by atoms with Gasteiger partial charge in [-0.05, 0) is 18.6 Å². The quantitative estimate of drug-likeness (QED) is 0.851. The number of hydrogen-bond acceptors (Lipinski definition) is 3. The van der Waals surface area contributed by atoms with Crippen molar-refractivity contribution < 1.29 is 21.6 Å². The molecule has 1 aromatic heterocycles. The van der Waals surface area contributed by atoms with Gasteiger partial charge in [-0.1, -0.05) is 11.6 Å². The van der Waals surface area contributed by atoms with E-state index < -0.39 is 34.8 Å². The first kappa shape index (κ1) is 15.0. The summed E-state index contributed by atoms with van der Waals surface area (Å²) < 4.78 is 60.6. The summed E-state index contributed by atoms with van der Waals surface area (Å²) >= 11 is 5.54. The van der Waals surface area contributed by atoms with Crippen LogP contribution in [-0.4, -0.2) is 25.3 Å². The number of pyridine rings is 1. The molecule has 1 heterocycles. The Hall–Kier alpha value is -1.02. The van der Waals surface area contributed by atoms with E-state index in [9.17, 15) is 21.6 Å². The highest BCUT2D eigenvalue weighted by atomic mass is 35.5. The van der Waals surface area contributed by atoms with Crippen LogP contribution < -0.4 is 4.72 Å². The first-order valence-electron chi connectivity index (χ1n) is 4.87. The van der Waals surface area contributed by atoms with Crippen LogP contribution in [-0.2, 0) is 10.0 Å². The maximum absolute atomic E-state index is 11.9. The van der Waals surface area contributed by atoms with E-state index in [1.54, 1.807) is 0 Å². The molecule has 0 saturated carbocycles. The zero-order valence-electron chi connectivity index (χ0n) is 9.04. The standard InChI is InChI=1S/C9H10ClF3N2O2S/c10-8-6-7(2-4-14-8)15-18(16,17)5-1-3-9(11,12)13/h2,4,6H,1,3,5H2,(H,14,15). The molecular formula is C9H10ClF3N2O2S. The maximum Gasteiger partial charge on any atom is 0.389 e. The van der Waals surface area contributed by atoms with Crippen molar-refractivity contribution in [2.45, 2.75) is 19.0 Å². The first-order chi connectivity index (χ1) is 8.18. The predicted molar refractivity (Wildman–Crippen MR) is 61.9 cm³/mol. The first-order valence-corrected chi connectivity index (χ1v) is 6.90. The average Bonchev–Trinajstić information content (AvgIpc) is 2.13. The predicted octanol–water partition coefficient (Wildman–Crippen LogP) is 2.82. The number of sulfonamides is 1. The highest BCUT2D eigenvalue weighted by Crippen LogP contribution is 2.22. The zero-order valence-corrected chi connectivity index (χ0v) is 10.6. The summed E-state index contributed by atoms with van der Waals surface area (Å²) in [6.07, 6.45) is -4.69. The van der Waals surface area contributed by atoms with E-state index in [4.69, 9.17) is 11.6 Å². The number of anilines is 1. The maximum atomic E-state index is 11.9. The number of alkyl halides is 3. The topological polar surface area (TPSA) is 59.1 Å². The van der Waals surface area contributed by atoms with Gasteiger partial charge in [-0.15, -0.1) is 0 Å². The van der Waals surface area contributed by atoms with Crippen molar-refractivity contribution in [2.24, 2.45) is 0 Å². The lowest BCUT2D eigenvalue weighted by Gasteiger charge is -2.09. The van der Waals surface area contributed by atoms with Crippen molar-refractivity contribution >= 4 is 27.3 Å². The van der Waals surface area contributed by atoms with Gasteiger partial charge in [-0.25, -0.2) is 13.4 Å². The summed E-state index contributed by atoms with van der Waals surface area (Å²) in [5.41, 5.74) is 0.169. The fourth-order valence-electron chi connectivity index (χ4n) is 1.16. The summed E-state index contributed by atoms with van der Waals surface area (Å²) in [4.78, 5) is 3.65. The lowest BCUT2D eigenvalue weighted by Crippen LogP contribution is -2.18. The van der Waals surface area contributed by atoms with Crippen molar-refractivity contribution in [1.29, 1.82) is 0 Å². The second kappa shape index (κ2) is 5.75. The van der Waals surface area contributed by atoms with Gasteiger partial charge in [0.1, 0.15) is 5.15 Å². The van der Waals surface area contributed by atoms with E-state index in [0.717, 1.165) is 0 Å². The molecule has 0 aliphatic rings. The summed E-state index contributed by atoms with van der Waals surface area (Å²) in [5.74, 6) is -0.605. The van der Waals surface area contributed by atoms with Crippen molar-refractivity contribution in [3.63, 3.8) is 0 Å². The molecule has 0 bridgehead atoms. The summed E-state index contributed by atoms with van der Waals surface area (Å²) in [6.45, 7) is 0. The molecule has 0 aromatic carbocycles. The van der Waals surface area contributed by atoms with Crippen molar-refractivity contribution in [2.75, 3.05) is 10.5 Å². The third-order valence-corrected chi connectivity index (χ3v) is 3.45.